The van der Waals surface area contributed by atoms with Crippen LogP contribution in [0.4, 0.5) is 0 Å². The van der Waals surface area contributed by atoms with E-state index >= 15 is 0 Å². The van der Waals surface area contributed by atoms with Crippen molar-refractivity contribution in [3.8, 4) is 5.75 Å². The predicted octanol–water partition coefficient (Wildman–Crippen LogP) is 4.49. The molecule has 1 N–H and O–H groups in total. The molecule has 0 radical (unpaired) electrons. The number of rotatable bonds is 10. The Bertz CT molecular complexity index is 1070. The lowest BCUT2D eigenvalue weighted by Crippen LogP contribution is -2.47. The molecular formula is C28H34N2O3S. The minimum Gasteiger partial charge on any atom is -0.491 e. The standard InChI is InChI=1S/C28H34N2O3S/c1-3-29(18-23(31)17-22-10-5-4-6-11-22)19-28(32)30-15-13-27-24(14-16-34-27)25(30)20-33-26-12-8-7-9-21(26)2/h4-12,14,16,23,25,31H,3,13,15,17-20H2,1-2H3/t23-,25-/m1/s1. The fraction of sp³-hybridized carbons (Fsp3) is 0.393. The van der Waals surface area contributed by atoms with E-state index < -0.39 is 6.10 Å². The van der Waals surface area contributed by atoms with Crippen molar-refractivity contribution >= 4 is 17.2 Å². The molecule has 180 valence electrons. The maximum absolute atomic E-state index is 13.5. The Morgan fingerprint density at radius 3 is 2.71 bits per heavy atom. The highest BCUT2D eigenvalue weighted by Gasteiger charge is 2.33. The first-order valence-electron chi connectivity index (χ1n) is 12.0. The molecule has 2 atom stereocenters. The van der Waals surface area contributed by atoms with Crippen LogP contribution >= 0.6 is 11.3 Å². The number of para-hydroxylation sites is 1. The van der Waals surface area contributed by atoms with Crippen LogP contribution in [-0.4, -0.2) is 59.7 Å². The van der Waals surface area contributed by atoms with Crippen LogP contribution in [0.15, 0.2) is 66.0 Å². The Kier molecular flexibility index (Phi) is 8.38. The van der Waals surface area contributed by atoms with Crippen LogP contribution in [0.1, 0.15) is 34.5 Å². The second-order valence-corrected chi connectivity index (χ2v) is 9.90. The molecular weight excluding hydrogens is 444 g/mol. The molecule has 1 amide bonds. The molecule has 0 saturated heterocycles. The monoisotopic (exact) mass is 478 g/mol. The van der Waals surface area contributed by atoms with Gasteiger partial charge in [0.15, 0.2) is 0 Å². The number of fused-ring (bicyclic) bond motifs is 1. The van der Waals surface area contributed by atoms with Crippen LogP contribution in [0.3, 0.4) is 0 Å². The van der Waals surface area contributed by atoms with Crippen molar-refractivity contribution < 1.29 is 14.6 Å². The van der Waals surface area contributed by atoms with Crippen LogP contribution in [0.25, 0.3) is 0 Å². The van der Waals surface area contributed by atoms with Crippen LogP contribution in [0, 0.1) is 6.92 Å². The summed E-state index contributed by atoms with van der Waals surface area (Å²) in [6, 6.07) is 20.0. The van der Waals surface area contributed by atoms with E-state index in [-0.39, 0.29) is 11.9 Å². The molecule has 0 unspecified atom stereocenters. The molecule has 6 heteroatoms. The van der Waals surface area contributed by atoms with E-state index in [4.69, 9.17) is 4.74 Å². The summed E-state index contributed by atoms with van der Waals surface area (Å²) in [6.45, 7) is 6.67. The molecule has 0 spiro atoms. The fourth-order valence-corrected chi connectivity index (χ4v) is 5.53. The van der Waals surface area contributed by atoms with E-state index in [9.17, 15) is 9.90 Å². The van der Waals surface area contributed by atoms with Gasteiger partial charge in [-0.25, -0.2) is 0 Å². The van der Waals surface area contributed by atoms with E-state index in [1.54, 1.807) is 11.3 Å². The highest BCUT2D eigenvalue weighted by Crippen LogP contribution is 2.34. The molecule has 0 bridgehead atoms. The number of benzene rings is 2. The maximum atomic E-state index is 13.5. The van der Waals surface area contributed by atoms with E-state index in [0.29, 0.717) is 39.2 Å². The number of nitrogens with zero attached hydrogens (tertiary/aromatic N) is 2. The van der Waals surface area contributed by atoms with Crippen molar-refractivity contribution in [3.63, 3.8) is 0 Å². The van der Waals surface area contributed by atoms with Crippen molar-refractivity contribution in [1.82, 2.24) is 9.80 Å². The summed E-state index contributed by atoms with van der Waals surface area (Å²) in [4.78, 5) is 18.8. The summed E-state index contributed by atoms with van der Waals surface area (Å²) < 4.78 is 6.20. The molecule has 1 aromatic heterocycles. The normalized spacial score (nSPS) is 16.4. The van der Waals surface area contributed by atoms with Gasteiger partial charge < -0.3 is 14.7 Å². The molecule has 0 aliphatic carbocycles. The van der Waals surface area contributed by atoms with Gasteiger partial charge in [0.05, 0.1) is 18.7 Å². The minimum absolute atomic E-state index is 0.0870. The van der Waals surface area contributed by atoms with Crippen LogP contribution in [0.2, 0.25) is 0 Å². The van der Waals surface area contributed by atoms with Crippen molar-refractivity contribution in [3.05, 3.63) is 87.6 Å². The van der Waals surface area contributed by atoms with Crippen LogP contribution < -0.4 is 4.74 Å². The number of aryl methyl sites for hydroxylation is 1. The zero-order valence-corrected chi connectivity index (χ0v) is 20.8. The second-order valence-electron chi connectivity index (χ2n) is 8.90. The van der Waals surface area contributed by atoms with Gasteiger partial charge in [-0.05, 0) is 60.5 Å². The molecule has 4 rings (SSSR count). The highest BCUT2D eigenvalue weighted by atomic mass is 32.1. The highest BCUT2D eigenvalue weighted by molar-refractivity contribution is 7.10. The third-order valence-electron chi connectivity index (χ3n) is 6.49. The van der Waals surface area contributed by atoms with Gasteiger partial charge in [0, 0.05) is 18.0 Å². The van der Waals surface area contributed by atoms with Gasteiger partial charge in [-0.2, -0.15) is 0 Å². The number of aliphatic hydroxyl groups is 1. The van der Waals surface area contributed by atoms with E-state index in [1.807, 2.05) is 78.2 Å². The van der Waals surface area contributed by atoms with Crippen molar-refractivity contribution in [2.45, 2.75) is 38.8 Å². The summed E-state index contributed by atoms with van der Waals surface area (Å²) in [5, 5.41) is 12.7. The smallest absolute Gasteiger partial charge is 0.237 e. The Hall–Kier alpha value is -2.67. The molecule has 3 aromatic rings. The summed E-state index contributed by atoms with van der Waals surface area (Å²) in [6.07, 6.45) is 0.947. The summed E-state index contributed by atoms with van der Waals surface area (Å²) in [7, 11) is 0. The Balaban J connectivity index is 1.41. The number of likely N-dealkylation sites (N-methyl/N-ethyl adjacent to an activating group) is 1. The van der Waals surface area contributed by atoms with Crippen LogP contribution in [-0.2, 0) is 17.6 Å². The third kappa shape index (κ3) is 6.06. The SMILES string of the molecule is CCN(CC(=O)N1CCc2sccc2[C@H]1COc1ccccc1C)C[C@H](O)Cc1ccccc1. The zero-order chi connectivity index (χ0) is 23.9. The predicted molar refractivity (Wildman–Crippen MR) is 137 cm³/mol. The average Bonchev–Trinajstić information content (AvgIpc) is 3.32. The van der Waals surface area contributed by atoms with Gasteiger partial charge in [0.25, 0.3) is 0 Å². The first kappa shape index (κ1) is 24.5. The molecule has 5 nitrogen and oxygen atoms in total. The largest absolute Gasteiger partial charge is 0.491 e. The van der Waals surface area contributed by atoms with Crippen molar-refractivity contribution in [2.75, 3.05) is 32.8 Å². The van der Waals surface area contributed by atoms with E-state index in [2.05, 4.69) is 11.4 Å². The van der Waals surface area contributed by atoms with Gasteiger partial charge in [-0.1, -0.05) is 55.5 Å². The number of ether oxygens (including phenoxy) is 1. The molecule has 0 fully saturated rings. The Labute approximate surface area is 206 Å². The summed E-state index contributed by atoms with van der Waals surface area (Å²) in [5.41, 5.74) is 3.39. The van der Waals surface area contributed by atoms with Crippen molar-refractivity contribution in [2.24, 2.45) is 0 Å². The molecule has 1 aliphatic rings. The average molecular weight is 479 g/mol. The first-order valence-corrected chi connectivity index (χ1v) is 12.9. The number of carbonyl (C=O) groups excluding carboxylic acids is 1. The van der Waals surface area contributed by atoms with Crippen molar-refractivity contribution in [1.29, 1.82) is 0 Å². The number of hydrogen-bond donors (Lipinski definition) is 1. The van der Waals surface area contributed by atoms with Gasteiger partial charge in [-0.15, -0.1) is 11.3 Å². The first-order chi connectivity index (χ1) is 16.5. The molecule has 34 heavy (non-hydrogen) atoms. The fourth-order valence-electron chi connectivity index (χ4n) is 4.60. The zero-order valence-electron chi connectivity index (χ0n) is 20.0. The number of aliphatic hydroxyl groups excluding tert-OH is 1. The van der Waals surface area contributed by atoms with Crippen LogP contribution in [0.5, 0.6) is 5.75 Å². The minimum atomic E-state index is -0.514. The van der Waals surface area contributed by atoms with Gasteiger partial charge in [0.1, 0.15) is 12.4 Å². The third-order valence-corrected chi connectivity index (χ3v) is 7.49. The number of hydrogen-bond acceptors (Lipinski definition) is 5. The Morgan fingerprint density at radius 2 is 1.94 bits per heavy atom. The topological polar surface area (TPSA) is 53.0 Å². The van der Waals surface area contributed by atoms with E-state index in [0.717, 1.165) is 23.3 Å². The molecule has 0 saturated carbocycles. The second kappa shape index (κ2) is 11.6. The van der Waals surface area contributed by atoms with E-state index in [1.165, 1.54) is 10.4 Å². The lowest BCUT2D eigenvalue weighted by Gasteiger charge is -2.37. The van der Waals surface area contributed by atoms with Gasteiger partial charge in [-0.3, -0.25) is 9.69 Å². The molecule has 2 aromatic carbocycles. The maximum Gasteiger partial charge on any atom is 0.237 e. The number of thiophene rings is 1. The number of carbonyl (C=O) groups is 1. The lowest BCUT2D eigenvalue weighted by molar-refractivity contribution is -0.136. The quantitative estimate of drug-likeness (QED) is 0.467. The Morgan fingerprint density at radius 1 is 1.18 bits per heavy atom. The van der Waals surface area contributed by atoms with Gasteiger partial charge >= 0.3 is 0 Å². The molecule has 2 heterocycles. The summed E-state index contributed by atoms with van der Waals surface area (Å²) >= 11 is 1.76. The lowest BCUT2D eigenvalue weighted by atomic mass is 10.00. The summed E-state index contributed by atoms with van der Waals surface area (Å²) in [5.74, 6) is 0.945. The number of amides is 1. The van der Waals surface area contributed by atoms with Gasteiger partial charge in [0.2, 0.25) is 5.91 Å². The molecule has 1 aliphatic heterocycles.